The van der Waals surface area contributed by atoms with Crippen molar-refractivity contribution in [1.82, 2.24) is 19.5 Å². The number of aromatic nitrogens is 4. The Bertz CT molecular complexity index is 373. The molecule has 0 aromatic heterocycles. The molecule has 14 heavy (non-hydrogen) atoms. The average Bonchev–Trinajstić information content (AvgIpc) is 2.67. The fraction of sp³-hybridized carbons (Fsp3) is 0.444. The fourth-order valence-electron chi connectivity index (χ4n) is 1.29. The number of rotatable bonds is 4. The number of nitrogens with zero attached hydrogens (tertiary/aromatic N) is 4. The molecular formula is C9H12N4S. The molecular weight excluding hydrogens is 196 g/mol. The summed E-state index contributed by atoms with van der Waals surface area (Å²) < 4.78 is 2.05. The highest BCUT2D eigenvalue weighted by Gasteiger charge is 2.08. The van der Waals surface area contributed by atoms with Gasteiger partial charge in [-0.25, -0.2) is 15.0 Å². The van der Waals surface area contributed by atoms with Crippen LogP contribution in [0.1, 0.15) is 6.92 Å². The molecule has 0 saturated heterocycles. The third kappa shape index (κ3) is 1.87. The van der Waals surface area contributed by atoms with E-state index in [9.17, 15) is 0 Å². The number of aryl methyl sites for hydroxylation is 1. The molecule has 2 aliphatic rings. The second-order valence-corrected chi connectivity index (χ2v) is 4.26. The van der Waals surface area contributed by atoms with E-state index in [1.54, 1.807) is 12.5 Å². The maximum atomic E-state index is 4.20. The lowest BCUT2D eigenvalue weighted by Crippen LogP contribution is -2.06. The van der Waals surface area contributed by atoms with Crippen LogP contribution in [0.4, 0.5) is 0 Å². The van der Waals surface area contributed by atoms with Crippen molar-refractivity contribution in [3.05, 3.63) is 18.9 Å². The van der Waals surface area contributed by atoms with Crippen LogP contribution in [-0.4, -0.2) is 31.0 Å². The van der Waals surface area contributed by atoms with Crippen molar-refractivity contribution in [2.24, 2.45) is 0 Å². The van der Waals surface area contributed by atoms with E-state index in [1.807, 2.05) is 22.7 Å². The van der Waals surface area contributed by atoms with Crippen LogP contribution in [0.25, 0.3) is 11.5 Å². The molecule has 0 aliphatic carbocycles. The van der Waals surface area contributed by atoms with Gasteiger partial charge in [-0.2, -0.15) is 11.8 Å². The van der Waals surface area contributed by atoms with E-state index in [0.717, 1.165) is 29.6 Å². The van der Waals surface area contributed by atoms with Crippen LogP contribution in [0.5, 0.6) is 0 Å². The zero-order chi connectivity index (χ0) is 9.80. The lowest BCUT2D eigenvalue weighted by atomic mass is 10.4. The summed E-state index contributed by atoms with van der Waals surface area (Å²) in [5.74, 6) is 3.17. The maximum absolute atomic E-state index is 4.20. The van der Waals surface area contributed by atoms with Crippen LogP contribution in [-0.2, 0) is 6.54 Å². The van der Waals surface area contributed by atoms with Gasteiger partial charge >= 0.3 is 0 Å². The average molecular weight is 208 g/mol. The van der Waals surface area contributed by atoms with Gasteiger partial charge in [0.05, 0.1) is 12.5 Å². The largest absolute Gasteiger partial charge is 0.314 e. The summed E-state index contributed by atoms with van der Waals surface area (Å²) in [5, 5.41) is 0. The first-order chi connectivity index (χ1) is 6.92. The summed E-state index contributed by atoms with van der Waals surface area (Å²) in [6, 6.07) is 0. The van der Waals surface area contributed by atoms with E-state index in [-0.39, 0.29) is 0 Å². The quantitative estimate of drug-likeness (QED) is 0.715. The molecule has 0 N–H and O–H groups in total. The zero-order valence-corrected chi connectivity index (χ0v) is 8.87. The smallest absolute Gasteiger partial charge is 0.163 e. The molecule has 0 amide bonds. The summed E-state index contributed by atoms with van der Waals surface area (Å²) in [6.45, 7) is 3.11. The summed E-state index contributed by atoms with van der Waals surface area (Å²) in [6.07, 6.45) is 5.13. The number of hydrogen-bond acceptors (Lipinski definition) is 4. The van der Waals surface area contributed by atoms with Crippen molar-refractivity contribution in [2.75, 3.05) is 11.5 Å². The molecule has 0 bridgehead atoms. The van der Waals surface area contributed by atoms with Gasteiger partial charge < -0.3 is 4.57 Å². The lowest BCUT2D eigenvalue weighted by molar-refractivity contribution is 0.737. The number of fused-ring (bicyclic) bond motifs is 1. The Morgan fingerprint density at radius 1 is 1.43 bits per heavy atom. The third-order valence-electron chi connectivity index (χ3n) is 1.96. The second kappa shape index (κ2) is 4.41. The van der Waals surface area contributed by atoms with Crippen molar-refractivity contribution < 1.29 is 0 Å². The molecule has 5 heteroatoms. The second-order valence-electron chi connectivity index (χ2n) is 2.87. The predicted molar refractivity (Wildman–Crippen MR) is 57.4 cm³/mol. The molecule has 0 saturated carbocycles. The monoisotopic (exact) mass is 208 g/mol. The minimum Gasteiger partial charge on any atom is -0.314 e. The van der Waals surface area contributed by atoms with Crippen LogP contribution >= 0.6 is 11.8 Å². The molecule has 2 rings (SSSR count). The predicted octanol–water partition coefficient (Wildman–Crippen LogP) is 1.53. The van der Waals surface area contributed by atoms with Gasteiger partial charge in [-0.15, -0.1) is 0 Å². The standard InChI is InChI=1S/C9H12N4S/c1-2-14-4-3-13-7-10-5-8-9(13)12-6-11-8/h5-7H,2-4H2,1H3. The summed E-state index contributed by atoms with van der Waals surface area (Å²) in [4.78, 5) is 12.4. The van der Waals surface area contributed by atoms with Crippen molar-refractivity contribution in [3.63, 3.8) is 0 Å². The Morgan fingerprint density at radius 3 is 3.21 bits per heavy atom. The van der Waals surface area contributed by atoms with Crippen LogP contribution in [0.3, 0.4) is 0 Å². The SMILES string of the molecule is CCSCCn1cncc2ncnc1-2. The molecule has 0 fully saturated rings. The third-order valence-corrected chi connectivity index (χ3v) is 2.84. The maximum Gasteiger partial charge on any atom is 0.163 e. The van der Waals surface area contributed by atoms with Crippen LogP contribution in [0.15, 0.2) is 18.9 Å². The van der Waals surface area contributed by atoms with E-state index < -0.39 is 0 Å². The summed E-state index contributed by atoms with van der Waals surface area (Å²) >= 11 is 1.92. The highest BCUT2D eigenvalue weighted by atomic mass is 32.2. The van der Waals surface area contributed by atoms with Crippen LogP contribution in [0, 0.1) is 0 Å². The Labute approximate surface area is 87.1 Å². The highest BCUT2D eigenvalue weighted by molar-refractivity contribution is 7.99. The summed E-state index contributed by atoms with van der Waals surface area (Å²) in [5.41, 5.74) is 0.869. The van der Waals surface area contributed by atoms with E-state index >= 15 is 0 Å². The van der Waals surface area contributed by atoms with Gasteiger partial charge in [0.1, 0.15) is 12.0 Å². The van der Waals surface area contributed by atoms with E-state index in [2.05, 4.69) is 21.9 Å². The van der Waals surface area contributed by atoms with Gasteiger partial charge in [0, 0.05) is 12.3 Å². The normalized spacial score (nSPS) is 10.9. The van der Waals surface area contributed by atoms with Gasteiger partial charge in [-0.1, -0.05) is 6.92 Å². The highest BCUT2D eigenvalue weighted by Crippen LogP contribution is 2.14. The Balaban J connectivity index is 2.13. The first-order valence-corrected chi connectivity index (χ1v) is 5.76. The topological polar surface area (TPSA) is 43.6 Å². The number of thioether (sulfide) groups is 1. The van der Waals surface area contributed by atoms with E-state index in [0.29, 0.717) is 0 Å². The number of imidazole rings is 1. The lowest BCUT2D eigenvalue weighted by Gasteiger charge is -2.08. The van der Waals surface area contributed by atoms with Gasteiger partial charge in [0.2, 0.25) is 0 Å². The van der Waals surface area contributed by atoms with Crippen LogP contribution in [0.2, 0.25) is 0 Å². The molecule has 0 spiro atoms. The molecule has 0 aromatic rings. The van der Waals surface area contributed by atoms with Gasteiger partial charge in [0.15, 0.2) is 5.82 Å². The molecule has 4 nitrogen and oxygen atoms in total. The molecule has 0 atom stereocenters. The first-order valence-electron chi connectivity index (χ1n) is 4.60. The molecule has 0 aromatic carbocycles. The Morgan fingerprint density at radius 2 is 2.36 bits per heavy atom. The Kier molecular flexibility index (Phi) is 2.98. The minimum atomic E-state index is 0.869. The Hall–Kier alpha value is -1.10. The van der Waals surface area contributed by atoms with Crippen molar-refractivity contribution >= 4 is 11.8 Å². The molecule has 0 radical (unpaired) electrons. The fourth-order valence-corrected chi connectivity index (χ4v) is 1.91. The first kappa shape index (κ1) is 9.45. The molecule has 2 heterocycles. The van der Waals surface area contributed by atoms with Gasteiger partial charge in [-0.05, 0) is 5.75 Å². The molecule has 74 valence electrons. The van der Waals surface area contributed by atoms with Crippen molar-refractivity contribution in [3.8, 4) is 11.5 Å². The van der Waals surface area contributed by atoms with E-state index in [1.165, 1.54) is 0 Å². The number of hydrogen-bond donors (Lipinski definition) is 0. The summed E-state index contributed by atoms with van der Waals surface area (Å²) in [7, 11) is 0. The molecule has 2 aliphatic heterocycles. The zero-order valence-electron chi connectivity index (χ0n) is 8.05. The van der Waals surface area contributed by atoms with Crippen LogP contribution < -0.4 is 0 Å². The van der Waals surface area contributed by atoms with Crippen molar-refractivity contribution in [1.29, 1.82) is 0 Å². The van der Waals surface area contributed by atoms with E-state index in [4.69, 9.17) is 0 Å². The molecule has 0 unspecified atom stereocenters. The van der Waals surface area contributed by atoms with Gasteiger partial charge in [-0.3, -0.25) is 0 Å². The minimum absolute atomic E-state index is 0.869. The van der Waals surface area contributed by atoms with Gasteiger partial charge in [0.25, 0.3) is 0 Å². The van der Waals surface area contributed by atoms with Crippen molar-refractivity contribution in [2.45, 2.75) is 13.5 Å².